The molecule has 0 atom stereocenters. The predicted octanol–water partition coefficient (Wildman–Crippen LogP) is 5.48. The van der Waals surface area contributed by atoms with Crippen molar-refractivity contribution in [2.75, 3.05) is 5.32 Å². The number of pyridine rings is 1. The van der Waals surface area contributed by atoms with Gasteiger partial charge in [-0.25, -0.2) is 18.7 Å². The third-order valence-electron chi connectivity index (χ3n) is 3.80. The van der Waals surface area contributed by atoms with Gasteiger partial charge in [0.05, 0.1) is 15.7 Å². The average Bonchev–Trinajstić information content (AvgIpc) is 2.66. The Morgan fingerprint density at radius 3 is 2.46 bits per heavy atom. The molecular formula is C19H11BrF2N4. The minimum Gasteiger partial charge on any atom is -0.337 e. The third-order valence-corrected chi connectivity index (χ3v) is 4.41. The van der Waals surface area contributed by atoms with Crippen LogP contribution in [0.4, 0.5) is 20.3 Å². The number of hydrogen-bond acceptors (Lipinski definition) is 4. The van der Waals surface area contributed by atoms with E-state index in [0.717, 1.165) is 17.0 Å². The van der Waals surface area contributed by atoms with E-state index in [2.05, 4.69) is 36.2 Å². The Labute approximate surface area is 156 Å². The molecule has 0 aliphatic rings. The van der Waals surface area contributed by atoms with Gasteiger partial charge in [-0.3, -0.25) is 4.98 Å². The summed E-state index contributed by atoms with van der Waals surface area (Å²) in [5.41, 5.74) is 1.61. The molecule has 128 valence electrons. The third kappa shape index (κ3) is 3.13. The molecule has 0 unspecified atom stereocenters. The summed E-state index contributed by atoms with van der Waals surface area (Å²) >= 11 is 3.07. The van der Waals surface area contributed by atoms with E-state index in [-0.39, 0.29) is 10.2 Å². The van der Waals surface area contributed by atoms with Crippen LogP contribution in [0.5, 0.6) is 0 Å². The molecule has 0 amide bonds. The molecule has 1 N–H and O–H groups in total. The molecule has 2 aromatic carbocycles. The first-order valence-electron chi connectivity index (χ1n) is 7.70. The van der Waals surface area contributed by atoms with Crippen molar-refractivity contribution in [3.63, 3.8) is 0 Å². The highest BCUT2D eigenvalue weighted by Crippen LogP contribution is 2.30. The van der Waals surface area contributed by atoms with Crippen LogP contribution >= 0.6 is 15.9 Å². The molecule has 0 radical (unpaired) electrons. The highest BCUT2D eigenvalue weighted by Gasteiger charge is 2.13. The summed E-state index contributed by atoms with van der Waals surface area (Å²) in [6.07, 6.45) is 3.30. The Morgan fingerprint density at radius 2 is 1.65 bits per heavy atom. The molecule has 0 saturated heterocycles. The maximum Gasteiger partial charge on any atom is 0.162 e. The molecule has 0 bridgehead atoms. The number of benzene rings is 2. The van der Waals surface area contributed by atoms with Gasteiger partial charge in [0.2, 0.25) is 0 Å². The Balaban J connectivity index is 1.87. The van der Waals surface area contributed by atoms with E-state index in [1.807, 2.05) is 24.3 Å². The van der Waals surface area contributed by atoms with Gasteiger partial charge in [-0.05, 0) is 46.3 Å². The zero-order valence-electron chi connectivity index (χ0n) is 13.2. The maximum atomic E-state index is 14.2. The summed E-state index contributed by atoms with van der Waals surface area (Å²) in [5, 5.41) is 3.68. The highest BCUT2D eigenvalue weighted by atomic mass is 79.9. The van der Waals surface area contributed by atoms with E-state index in [9.17, 15) is 8.78 Å². The summed E-state index contributed by atoms with van der Waals surface area (Å²) in [7, 11) is 0. The molecule has 26 heavy (non-hydrogen) atoms. The number of hydrogen-bond donors (Lipinski definition) is 1. The lowest BCUT2D eigenvalue weighted by Crippen LogP contribution is -2.01. The van der Waals surface area contributed by atoms with Gasteiger partial charge in [0.15, 0.2) is 5.82 Å². The number of nitrogens with one attached hydrogen (secondary N) is 1. The smallest absolute Gasteiger partial charge is 0.162 e. The van der Waals surface area contributed by atoms with Crippen molar-refractivity contribution in [3.8, 4) is 11.4 Å². The topological polar surface area (TPSA) is 50.7 Å². The van der Waals surface area contributed by atoms with Gasteiger partial charge in [0, 0.05) is 29.4 Å². The molecule has 2 heterocycles. The van der Waals surface area contributed by atoms with E-state index in [1.54, 1.807) is 24.5 Å². The van der Waals surface area contributed by atoms with Crippen molar-refractivity contribution in [2.24, 2.45) is 0 Å². The number of aromatic nitrogens is 3. The molecule has 0 saturated carbocycles. The van der Waals surface area contributed by atoms with Crippen molar-refractivity contribution in [3.05, 3.63) is 77.0 Å². The van der Waals surface area contributed by atoms with Crippen LogP contribution in [0.1, 0.15) is 0 Å². The van der Waals surface area contributed by atoms with Gasteiger partial charge < -0.3 is 5.32 Å². The van der Waals surface area contributed by atoms with Crippen molar-refractivity contribution >= 4 is 38.3 Å². The molecular weight excluding hydrogens is 402 g/mol. The Hall–Kier alpha value is -2.93. The van der Waals surface area contributed by atoms with E-state index < -0.39 is 11.6 Å². The summed E-state index contributed by atoms with van der Waals surface area (Å²) in [4.78, 5) is 13.1. The van der Waals surface area contributed by atoms with Gasteiger partial charge >= 0.3 is 0 Å². The largest absolute Gasteiger partial charge is 0.337 e. The summed E-state index contributed by atoms with van der Waals surface area (Å²) in [6, 6.07) is 13.2. The van der Waals surface area contributed by atoms with Gasteiger partial charge in [-0.15, -0.1) is 0 Å². The first-order chi connectivity index (χ1) is 12.6. The molecule has 0 spiro atoms. The number of anilines is 2. The number of halogens is 3. The number of fused-ring (bicyclic) bond motifs is 1. The minimum atomic E-state index is -0.709. The first kappa shape index (κ1) is 16.5. The van der Waals surface area contributed by atoms with Crippen molar-refractivity contribution in [2.45, 2.75) is 0 Å². The van der Waals surface area contributed by atoms with Gasteiger partial charge in [0.25, 0.3) is 0 Å². The van der Waals surface area contributed by atoms with Gasteiger partial charge in [0.1, 0.15) is 17.5 Å². The van der Waals surface area contributed by atoms with Gasteiger partial charge in [-0.2, -0.15) is 0 Å². The van der Waals surface area contributed by atoms with E-state index >= 15 is 0 Å². The fourth-order valence-electron chi connectivity index (χ4n) is 2.55. The summed E-state index contributed by atoms with van der Waals surface area (Å²) in [6.45, 7) is 0. The van der Waals surface area contributed by atoms with Crippen LogP contribution in [0.3, 0.4) is 0 Å². The van der Waals surface area contributed by atoms with Crippen LogP contribution < -0.4 is 5.32 Å². The van der Waals surface area contributed by atoms with Crippen molar-refractivity contribution in [1.29, 1.82) is 0 Å². The zero-order chi connectivity index (χ0) is 18.1. The van der Waals surface area contributed by atoms with Crippen LogP contribution in [0, 0.1) is 11.6 Å². The van der Waals surface area contributed by atoms with Gasteiger partial charge in [-0.1, -0.05) is 12.1 Å². The van der Waals surface area contributed by atoms with E-state index in [4.69, 9.17) is 0 Å². The Kier molecular flexibility index (Phi) is 4.30. The second kappa shape index (κ2) is 6.76. The Bertz CT molecular complexity index is 1100. The van der Waals surface area contributed by atoms with E-state index in [0.29, 0.717) is 17.2 Å². The van der Waals surface area contributed by atoms with Crippen LogP contribution in [0.25, 0.3) is 22.3 Å². The fraction of sp³-hybridized carbons (Fsp3) is 0. The lowest BCUT2D eigenvalue weighted by atomic mass is 10.2. The van der Waals surface area contributed by atoms with Crippen molar-refractivity contribution < 1.29 is 8.78 Å². The summed E-state index contributed by atoms with van der Waals surface area (Å²) in [5.74, 6) is -0.466. The number of rotatable bonds is 3. The number of para-hydroxylation sites is 1. The van der Waals surface area contributed by atoms with Crippen LogP contribution in [-0.2, 0) is 0 Å². The maximum absolute atomic E-state index is 14.2. The highest BCUT2D eigenvalue weighted by molar-refractivity contribution is 9.10. The molecule has 0 aliphatic carbocycles. The monoisotopic (exact) mass is 412 g/mol. The van der Waals surface area contributed by atoms with Crippen molar-refractivity contribution in [1.82, 2.24) is 15.0 Å². The normalized spacial score (nSPS) is 10.9. The van der Waals surface area contributed by atoms with Crippen LogP contribution in [0.2, 0.25) is 0 Å². The molecule has 2 aromatic heterocycles. The van der Waals surface area contributed by atoms with Crippen LogP contribution in [0.15, 0.2) is 65.4 Å². The van der Waals surface area contributed by atoms with E-state index in [1.165, 1.54) is 6.07 Å². The average molecular weight is 413 g/mol. The summed E-state index contributed by atoms with van der Waals surface area (Å²) < 4.78 is 27.8. The number of nitrogens with zero attached hydrogens (tertiary/aromatic N) is 3. The molecule has 4 rings (SSSR count). The Morgan fingerprint density at radius 1 is 0.885 bits per heavy atom. The second-order valence-electron chi connectivity index (χ2n) is 5.52. The molecule has 0 aliphatic heterocycles. The second-order valence-corrected chi connectivity index (χ2v) is 6.37. The lowest BCUT2D eigenvalue weighted by molar-refractivity contribution is 0.581. The molecule has 4 aromatic rings. The fourth-order valence-corrected chi connectivity index (χ4v) is 2.89. The minimum absolute atomic E-state index is 0.114. The molecule has 0 fully saturated rings. The zero-order valence-corrected chi connectivity index (χ0v) is 14.8. The molecule has 4 nitrogen and oxygen atoms in total. The van der Waals surface area contributed by atoms with Crippen LogP contribution in [-0.4, -0.2) is 15.0 Å². The quantitative estimate of drug-likeness (QED) is 0.452. The predicted molar refractivity (Wildman–Crippen MR) is 100 cm³/mol. The first-order valence-corrected chi connectivity index (χ1v) is 8.50. The standard InChI is InChI=1S/C19H11BrF2N4/c20-13-9-17(15(22)10-14(13)21)25-19-12-3-1-2-4-16(12)24-18(26-19)11-5-7-23-8-6-11/h1-10H,(H,24,25,26). The molecule has 7 heteroatoms. The lowest BCUT2D eigenvalue weighted by Gasteiger charge is -2.12. The SMILES string of the molecule is Fc1cc(F)c(Nc2nc(-c3ccncc3)nc3ccccc23)cc1Br.